The second kappa shape index (κ2) is 6.73. The normalized spacial score (nSPS) is 17.8. The van der Waals surface area contributed by atoms with Crippen LogP contribution in [0, 0.1) is 6.92 Å². The van der Waals surface area contributed by atoms with Gasteiger partial charge in [-0.3, -0.25) is 14.6 Å². The first-order chi connectivity index (χ1) is 11.5. The molecule has 0 spiro atoms. The SMILES string of the molecule is CCc1ccc(CN2CCC(C(=O)O)(n3cc(C)cn3)CC2)nc1. The molecule has 1 aliphatic rings. The second-order valence-electron chi connectivity index (χ2n) is 6.59. The summed E-state index contributed by atoms with van der Waals surface area (Å²) in [5.74, 6) is -0.796. The first kappa shape index (κ1) is 16.6. The summed E-state index contributed by atoms with van der Waals surface area (Å²) in [6, 6.07) is 4.18. The van der Waals surface area contributed by atoms with Crippen LogP contribution in [-0.2, 0) is 23.3 Å². The highest BCUT2D eigenvalue weighted by Gasteiger charge is 2.44. The zero-order valence-corrected chi connectivity index (χ0v) is 14.3. The van der Waals surface area contributed by atoms with Gasteiger partial charge in [0.05, 0.1) is 11.9 Å². The number of aromatic nitrogens is 3. The summed E-state index contributed by atoms with van der Waals surface area (Å²) in [6.45, 7) is 6.26. The van der Waals surface area contributed by atoms with Crippen LogP contribution in [0.2, 0.25) is 0 Å². The van der Waals surface area contributed by atoms with Crippen molar-refractivity contribution in [3.8, 4) is 0 Å². The first-order valence-electron chi connectivity index (χ1n) is 8.45. The van der Waals surface area contributed by atoms with Crippen LogP contribution in [0.1, 0.15) is 36.6 Å². The van der Waals surface area contributed by atoms with Gasteiger partial charge in [0.25, 0.3) is 0 Å². The van der Waals surface area contributed by atoms with Gasteiger partial charge < -0.3 is 5.11 Å². The van der Waals surface area contributed by atoms with Crippen LogP contribution >= 0.6 is 0 Å². The van der Waals surface area contributed by atoms with Gasteiger partial charge >= 0.3 is 5.97 Å². The molecule has 1 fully saturated rings. The third-order valence-electron chi connectivity index (χ3n) is 4.91. The van der Waals surface area contributed by atoms with E-state index in [2.05, 4.69) is 34.0 Å². The molecule has 0 atom stereocenters. The summed E-state index contributed by atoms with van der Waals surface area (Å²) in [4.78, 5) is 18.7. The van der Waals surface area contributed by atoms with E-state index in [1.807, 2.05) is 19.3 Å². The highest BCUT2D eigenvalue weighted by molar-refractivity contribution is 5.76. The van der Waals surface area contributed by atoms with Gasteiger partial charge in [0.15, 0.2) is 5.54 Å². The average molecular weight is 328 g/mol. The predicted octanol–water partition coefficient (Wildman–Crippen LogP) is 2.22. The Kier molecular flexibility index (Phi) is 4.66. The van der Waals surface area contributed by atoms with Crippen molar-refractivity contribution < 1.29 is 9.90 Å². The molecule has 1 aliphatic heterocycles. The fourth-order valence-corrected chi connectivity index (χ4v) is 3.26. The van der Waals surface area contributed by atoms with Crippen LogP contribution in [0.3, 0.4) is 0 Å². The number of carboxylic acid groups (broad SMARTS) is 1. The highest BCUT2D eigenvalue weighted by atomic mass is 16.4. The molecule has 6 nitrogen and oxygen atoms in total. The van der Waals surface area contributed by atoms with E-state index < -0.39 is 11.5 Å². The molecule has 0 aromatic carbocycles. The molecule has 0 bridgehead atoms. The molecule has 2 aromatic rings. The number of rotatable bonds is 5. The van der Waals surface area contributed by atoms with Crippen molar-refractivity contribution >= 4 is 5.97 Å². The Balaban J connectivity index is 1.68. The maximum Gasteiger partial charge on any atom is 0.331 e. The lowest BCUT2D eigenvalue weighted by atomic mass is 9.87. The standard InChI is InChI=1S/C18H24N4O2/c1-3-15-4-5-16(19-11-15)13-21-8-6-18(7-9-21,17(23)24)22-12-14(2)10-20-22/h4-5,10-12H,3,6-9,13H2,1-2H3,(H,23,24). The monoisotopic (exact) mass is 328 g/mol. The minimum atomic E-state index is -0.926. The van der Waals surface area contributed by atoms with Gasteiger partial charge in [-0.2, -0.15) is 5.10 Å². The lowest BCUT2D eigenvalue weighted by molar-refractivity contribution is -0.151. The number of likely N-dealkylation sites (tertiary alicyclic amines) is 1. The highest BCUT2D eigenvalue weighted by Crippen LogP contribution is 2.31. The predicted molar refractivity (Wildman–Crippen MR) is 90.7 cm³/mol. The quantitative estimate of drug-likeness (QED) is 0.911. The molecule has 0 amide bonds. The van der Waals surface area contributed by atoms with Crippen molar-refractivity contribution in [1.82, 2.24) is 19.7 Å². The molecule has 128 valence electrons. The minimum absolute atomic E-state index is 0.552. The minimum Gasteiger partial charge on any atom is -0.479 e. The molecule has 0 unspecified atom stereocenters. The van der Waals surface area contributed by atoms with Crippen molar-refractivity contribution in [3.63, 3.8) is 0 Å². The molecular formula is C18H24N4O2. The van der Waals surface area contributed by atoms with Gasteiger partial charge in [-0.1, -0.05) is 13.0 Å². The molecule has 1 N–H and O–H groups in total. The number of pyridine rings is 1. The van der Waals surface area contributed by atoms with Crippen LogP contribution < -0.4 is 0 Å². The third-order valence-corrected chi connectivity index (χ3v) is 4.91. The lowest BCUT2D eigenvalue weighted by Gasteiger charge is -2.38. The topological polar surface area (TPSA) is 71.2 Å². The van der Waals surface area contributed by atoms with Gasteiger partial charge in [0, 0.05) is 32.0 Å². The second-order valence-corrected chi connectivity index (χ2v) is 6.59. The molecule has 3 heterocycles. The van der Waals surface area contributed by atoms with Crippen LogP contribution in [0.25, 0.3) is 0 Å². The van der Waals surface area contributed by atoms with Crippen LogP contribution in [0.4, 0.5) is 0 Å². The Morgan fingerprint density at radius 1 is 1.29 bits per heavy atom. The van der Waals surface area contributed by atoms with Crippen LogP contribution in [-0.4, -0.2) is 43.8 Å². The summed E-state index contributed by atoms with van der Waals surface area (Å²) in [6.07, 6.45) is 7.56. The number of aliphatic carboxylic acids is 1. The van der Waals surface area contributed by atoms with E-state index in [0.717, 1.165) is 37.3 Å². The Morgan fingerprint density at radius 2 is 2.04 bits per heavy atom. The van der Waals surface area contributed by atoms with Gasteiger partial charge in [0.2, 0.25) is 0 Å². The third kappa shape index (κ3) is 3.19. The van der Waals surface area contributed by atoms with Crippen LogP contribution in [0.5, 0.6) is 0 Å². The summed E-state index contributed by atoms with van der Waals surface area (Å²) in [7, 11) is 0. The number of aryl methyl sites for hydroxylation is 2. The van der Waals surface area contributed by atoms with E-state index in [4.69, 9.17) is 0 Å². The number of nitrogens with zero attached hydrogens (tertiary/aromatic N) is 4. The number of hydrogen-bond acceptors (Lipinski definition) is 4. The van der Waals surface area contributed by atoms with E-state index in [1.165, 1.54) is 5.56 Å². The van der Waals surface area contributed by atoms with E-state index >= 15 is 0 Å². The largest absolute Gasteiger partial charge is 0.479 e. The summed E-state index contributed by atoms with van der Waals surface area (Å²) >= 11 is 0. The van der Waals surface area contributed by atoms with Gasteiger partial charge in [0.1, 0.15) is 0 Å². The fraction of sp³-hybridized carbons (Fsp3) is 0.500. The number of hydrogen-bond donors (Lipinski definition) is 1. The lowest BCUT2D eigenvalue weighted by Crippen LogP contribution is -2.51. The summed E-state index contributed by atoms with van der Waals surface area (Å²) < 4.78 is 1.64. The summed E-state index contributed by atoms with van der Waals surface area (Å²) in [5, 5.41) is 14.1. The maximum atomic E-state index is 11.9. The number of piperidine rings is 1. The summed E-state index contributed by atoms with van der Waals surface area (Å²) in [5.41, 5.74) is 2.32. The average Bonchev–Trinajstić information content (AvgIpc) is 3.03. The zero-order valence-electron chi connectivity index (χ0n) is 14.3. The van der Waals surface area contributed by atoms with E-state index in [0.29, 0.717) is 12.8 Å². The van der Waals surface area contributed by atoms with Crippen molar-refractivity contribution in [3.05, 3.63) is 47.5 Å². The van der Waals surface area contributed by atoms with Crippen molar-refractivity contribution in [2.45, 2.75) is 45.2 Å². The smallest absolute Gasteiger partial charge is 0.331 e. The van der Waals surface area contributed by atoms with Crippen molar-refractivity contribution in [1.29, 1.82) is 0 Å². The first-order valence-corrected chi connectivity index (χ1v) is 8.45. The van der Waals surface area contributed by atoms with E-state index in [-0.39, 0.29) is 0 Å². The fourth-order valence-electron chi connectivity index (χ4n) is 3.26. The van der Waals surface area contributed by atoms with Gasteiger partial charge in [-0.05, 0) is 43.4 Å². The molecule has 6 heteroatoms. The Hall–Kier alpha value is -2.21. The van der Waals surface area contributed by atoms with Crippen molar-refractivity contribution in [2.75, 3.05) is 13.1 Å². The molecule has 3 rings (SSSR count). The van der Waals surface area contributed by atoms with Gasteiger partial charge in [-0.15, -0.1) is 0 Å². The zero-order chi connectivity index (χ0) is 17.2. The Labute approximate surface area is 142 Å². The molecular weight excluding hydrogens is 304 g/mol. The molecule has 24 heavy (non-hydrogen) atoms. The molecule has 0 aliphatic carbocycles. The molecule has 0 radical (unpaired) electrons. The number of carbonyl (C=O) groups is 1. The van der Waals surface area contributed by atoms with Gasteiger partial charge in [-0.25, -0.2) is 4.79 Å². The van der Waals surface area contributed by atoms with Crippen LogP contribution in [0.15, 0.2) is 30.7 Å². The number of carboxylic acids is 1. The van der Waals surface area contributed by atoms with E-state index in [1.54, 1.807) is 10.9 Å². The molecule has 0 saturated carbocycles. The Bertz CT molecular complexity index is 700. The molecule has 1 saturated heterocycles. The Morgan fingerprint density at radius 3 is 2.54 bits per heavy atom. The maximum absolute atomic E-state index is 11.9. The molecule has 2 aromatic heterocycles. The van der Waals surface area contributed by atoms with Crippen molar-refractivity contribution in [2.24, 2.45) is 0 Å². The van der Waals surface area contributed by atoms with E-state index in [9.17, 15) is 9.90 Å².